The first-order chi connectivity index (χ1) is 10.1. The van der Waals surface area contributed by atoms with Crippen LogP contribution in [0.15, 0.2) is 24.3 Å². The summed E-state index contributed by atoms with van der Waals surface area (Å²) in [4.78, 5) is 12.1. The van der Waals surface area contributed by atoms with Crippen LogP contribution in [0.3, 0.4) is 0 Å². The van der Waals surface area contributed by atoms with E-state index in [9.17, 15) is 4.79 Å². The van der Waals surface area contributed by atoms with Crippen molar-refractivity contribution in [2.24, 2.45) is 11.8 Å². The van der Waals surface area contributed by atoms with Crippen molar-refractivity contribution in [2.75, 3.05) is 19.7 Å². The smallest absolute Gasteiger partial charge is 0.224 e. The average Bonchev–Trinajstić information content (AvgIpc) is 2.52. The zero-order chi connectivity index (χ0) is 15.1. The molecule has 1 aliphatic heterocycles. The van der Waals surface area contributed by atoms with Gasteiger partial charge in [0.2, 0.25) is 5.91 Å². The van der Waals surface area contributed by atoms with E-state index in [0.717, 1.165) is 37.2 Å². The molecule has 2 rings (SSSR count). The van der Waals surface area contributed by atoms with Crippen molar-refractivity contribution in [3.8, 4) is 5.75 Å². The average molecular weight is 290 g/mol. The second-order valence-corrected chi connectivity index (χ2v) is 6.11. The van der Waals surface area contributed by atoms with Crippen LogP contribution in [0.4, 0.5) is 0 Å². The van der Waals surface area contributed by atoms with Crippen molar-refractivity contribution in [3.63, 3.8) is 0 Å². The monoisotopic (exact) mass is 290 g/mol. The Kier molecular flexibility index (Phi) is 6.05. The number of piperidine rings is 1. The Hall–Kier alpha value is -1.55. The summed E-state index contributed by atoms with van der Waals surface area (Å²) >= 11 is 0. The summed E-state index contributed by atoms with van der Waals surface area (Å²) in [5.74, 6) is 1.64. The first-order valence-corrected chi connectivity index (χ1v) is 7.85. The van der Waals surface area contributed by atoms with Gasteiger partial charge in [0, 0.05) is 13.1 Å². The number of carbonyl (C=O) groups is 1. The largest absolute Gasteiger partial charge is 0.493 e. The molecule has 116 valence electrons. The Morgan fingerprint density at radius 1 is 1.48 bits per heavy atom. The summed E-state index contributed by atoms with van der Waals surface area (Å²) in [6.45, 7) is 7.35. The molecule has 1 amide bonds. The highest BCUT2D eigenvalue weighted by atomic mass is 16.5. The molecule has 1 saturated heterocycles. The molecule has 21 heavy (non-hydrogen) atoms. The molecule has 4 heteroatoms. The lowest BCUT2D eigenvalue weighted by Gasteiger charge is -2.22. The van der Waals surface area contributed by atoms with E-state index in [2.05, 4.69) is 24.5 Å². The van der Waals surface area contributed by atoms with Crippen molar-refractivity contribution in [3.05, 3.63) is 29.8 Å². The van der Waals surface area contributed by atoms with Crippen LogP contribution in [0.1, 0.15) is 32.3 Å². The van der Waals surface area contributed by atoms with Gasteiger partial charge in [-0.25, -0.2) is 0 Å². The molecule has 1 fully saturated rings. The molecule has 0 saturated carbocycles. The summed E-state index contributed by atoms with van der Waals surface area (Å²) in [6, 6.07) is 7.95. The van der Waals surface area contributed by atoms with E-state index in [4.69, 9.17) is 4.74 Å². The fourth-order valence-corrected chi connectivity index (χ4v) is 2.42. The Labute approximate surface area is 127 Å². The van der Waals surface area contributed by atoms with Crippen molar-refractivity contribution < 1.29 is 9.53 Å². The molecule has 2 N–H and O–H groups in total. The molecule has 4 nitrogen and oxygen atoms in total. The van der Waals surface area contributed by atoms with Crippen LogP contribution in [0.2, 0.25) is 0 Å². The molecule has 1 aromatic carbocycles. The van der Waals surface area contributed by atoms with Crippen LogP contribution < -0.4 is 15.4 Å². The van der Waals surface area contributed by atoms with Crippen LogP contribution in [-0.4, -0.2) is 25.6 Å². The predicted octanol–water partition coefficient (Wildman–Crippen LogP) is 2.34. The summed E-state index contributed by atoms with van der Waals surface area (Å²) in [5.41, 5.74) is 1.08. The van der Waals surface area contributed by atoms with Gasteiger partial charge in [0.15, 0.2) is 0 Å². The Bertz CT molecular complexity index is 454. The lowest BCUT2D eigenvalue weighted by atomic mass is 9.99. The fraction of sp³-hybridized carbons (Fsp3) is 0.588. The van der Waals surface area contributed by atoms with Crippen LogP contribution in [-0.2, 0) is 11.3 Å². The van der Waals surface area contributed by atoms with Gasteiger partial charge in [0.05, 0.1) is 12.5 Å². The first kappa shape index (κ1) is 15.8. The van der Waals surface area contributed by atoms with Gasteiger partial charge < -0.3 is 15.4 Å². The standard InChI is InChI=1S/C17H26N2O2/c1-13(2)12-21-16-7-3-5-14(9-16)10-19-17(20)15-6-4-8-18-11-15/h3,5,7,9,13,15,18H,4,6,8,10-12H2,1-2H3,(H,19,20). The minimum Gasteiger partial charge on any atom is -0.493 e. The van der Waals surface area contributed by atoms with E-state index in [1.807, 2.05) is 24.3 Å². The molecule has 1 atom stereocenters. The maximum Gasteiger partial charge on any atom is 0.224 e. The van der Waals surface area contributed by atoms with Gasteiger partial charge in [0.1, 0.15) is 5.75 Å². The minimum absolute atomic E-state index is 0.110. The highest BCUT2D eigenvalue weighted by Crippen LogP contribution is 2.15. The fourth-order valence-electron chi connectivity index (χ4n) is 2.42. The third-order valence-electron chi connectivity index (χ3n) is 3.62. The SMILES string of the molecule is CC(C)COc1cccc(CNC(=O)C2CCCNC2)c1. The van der Waals surface area contributed by atoms with Crippen LogP contribution in [0.25, 0.3) is 0 Å². The number of hydrogen-bond donors (Lipinski definition) is 2. The van der Waals surface area contributed by atoms with Crippen molar-refractivity contribution in [1.82, 2.24) is 10.6 Å². The lowest BCUT2D eigenvalue weighted by molar-refractivity contribution is -0.125. The van der Waals surface area contributed by atoms with E-state index in [1.165, 1.54) is 0 Å². The van der Waals surface area contributed by atoms with E-state index < -0.39 is 0 Å². The molecule has 0 spiro atoms. The minimum atomic E-state index is 0.110. The molecule has 0 aromatic heterocycles. The molecule has 0 radical (unpaired) electrons. The second kappa shape index (κ2) is 8.03. The summed E-state index contributed by atoms with van der Waals surface area (Å²) in [6.07, 6.45) is 2.06. The second-order valence-electron chi connectivity index (χ2n) is 6.11. The van der Waals surface area contributed by atoms with Gasteiger partial charge in [-0.1, -0.05) is 26.0 Å². The number of amides is 1. The first-order valence-electron chi connectivity index (χ1n) is 7.85. The van der Waals surface area contributed by atoms with Crippen LogP contribution in [0.5, 0.6) is 5.75 Å². The highest BCUT2D eigenvalue weighted by molar-refractivity contribution is 5.78. The zero-order valence-electron chi connectivity index (χ0n) is 13.0. The Morgan fingerprint density at radius 2 is 2.33 bits per heavy atom. The summed E-state index contributed by atoms with van der Waals surface area (Å²) in [5, 5.41) is 6.30. The maximum atomic E-state index is 12.1. The van der Waals surface area contributed by atoms with Crippen molar-refractivity contribution in [1.29, 1.82) is 0 Å². The van der Waals surface area contributed by atoms with Gasteiger partial charge in [-0.3, -0.25) is 4.79 Å². The Morgan fingerprint density at radius 3 is 3.05 bits per heavy atom. The Balaban J connectivity index is 1.82. The van der Waals surface area contributed by atoms with Gasteiger partial charge in [-0.15, -0.1) is 0 Å². The topological polar surface area (TPSA) is 50.4 Å². The highest BCUT2D eigenvalue weighted by Gasteiger charge is 2.20. The third kappa shape index (κ3) is 5.38. The number of hydrogen-bond acceptors (Lipinski definition) is 3. The normalized spacial score (nSPS) is 18.5. The van der Waals surface area contributed by atoms with E-state index in [-0.39, 0.29) is 11.8 Å². The van der Waals surface area contributed by atoms with Gasteiger partial charge in [-0.2, -0.15) is 0 Å². The molecule has 1 aromatic rings. The molecule has 0 bridgehead atoms. The van der Waals surface area contributed by atoms with Gasteiger partial charge in [0.25, 0.3) is 0 Å². The molecular formula is C17H26N2O2. The van der Waals surface area contributed by atoms with Gasteiger partial charge >= 0.3 is 0 Å². The lowest BCUT2D eigenvalue weighted by Crippen LogP contribution is -2.40. The summed E-state index contributed by atoms with van der Waals surface area (Å²) in [7, 11) is 0. The zero-order valence-corrected chi connectivity index (χ0v) is 13.0. The molecule has 0 aliphatic carbocycles. The predicted molar refractivity (Wildman–Crippen MR) is 84.2 cm³/mol. The quantitative estimate of drug-likeness (QED) is 0.845. The molecule has 1 unspecified atom stereocenters. The molecule has 1 heterocycles. The molecular weight excluding hydrogens is 264 g/mol. The maximum absolute atomic E-state index is 12.1. The summed E-state index contributed by atoms with van der Waals surface area (Å²) < 4.78 is 5.71. The van der Waals surface area contributed by atoms with Crippen LogP contribution in [0, 0.1) is 11.8 Å². The third-order valence-corrected chi connectivity index (χ3v) is 3.62. The number of carbonyl (C=O) groups excluding carboxylic acids is 1. The number of benzene rings is 1. The molecule has 1 aliphatic rings. The van der Waals surface area contributed by atoms with Crippen molar-refractivity contribution in [2.45, 2.75) is 33.2 Å². The number of rotatable bonds is 6. The van der Waals surface area contributed by atoms with Crippen LogP contribution >= 0.6 is 0 Å². The van der Waals surface area contributed by atoms with E-state index in [0.29, 0.717) is 19.1 Å². The van der Waals surface area contributed by atoms with E-state index in [1.54, 1.807) is 0 Å². The number of ether oxygens (including phenoxy) is 1. The van der Waals surface area contributed by atoms with Gasteiger partial charge in [-0.05, 0) is 43.0 Å². The van der Waals surface area contributed by atoms with Crippen molar-refractivity contribution >= 4 is 5.91 Å². The number of nitrogens with one attached hydrogen (secondary N) is 2. The van der Waals surface area contributed by atoms with E-state index >= 15 is 0 Å².